The van der Waals surface area contributed by atoms with E-state index in [4.69, 9.17) is 0 Å². The van der Waals surface area contributed by atoms with Gasteiger partial charge in [-0.15, -0.1) is 0 Å². The predicted molar refractivity (Wildman–Crippen MR) is 107 cm³/mol. The first kappa shape index (κ1) is 20.0. The van der Waals surface area contributed by atoms with E-state index in [-0.39, 0.29) is 23.7 Å². The molecule has 2 aromatic rings. The maximum atomic E-state index is 12.7. The Morgan fingerprint density at radius 1 is 0.929 bits per heavy atom. The molecule has 2 amide bonds. The lowest BCUT2D eigenvalue weighted by Gasteiger charge is -2.30. The number of likely N-dealkylation sites (N-methyl/N-ethyl adjacent to an activating group) is 1. The fourth-order valence-corrected chi connectivity index (χ4v) is 3.70. The van der Waals surface area contributed by atoms with Crippen LogP contribution in [0.4, 0.5) is 0 Å². The zero-order valence-corrected chi connectivity index (χ0v) is 16.4. The van der Waals surface area contributed by atoms with Crippen molar-refractivity contribution >= 4 is 11.8 Å². The van der Waals surface area contributed by atoms with Crippen LogP contribution in [-0.2, 0) is 22.6 Å². The van der Waals surface area contributed by atoms with Gasteiger partial charge in [-0.3, -0.25) is 19.6 Å². The van der Waals surface area contributed by atoms with Crippen molar-refractivity contribution < 1.29 is 9.59 Å². The van der Waals surface area contributed by atoms with Crippen LogP contribution >= 0.6 is 0 Å². The molecule has 0 saturated heterocycles. The smallest absolute Gasteiger partial charge is 0.225 e. The summed E-state index contributed by atoms with van der Waals surface area (Å²) in [6, 6.07) is 7.76. The molecule has 2 heterocycles. The number of hydrogen-bond acceptors (Lipinski definition) is 4. The number of carbonyl (C=O) groups is 2. The molecule has 0 radical (unpaired) electrons. The van der Waals surface area contributed by atoms with Gasteiger partial charge >= 0.3 is 0 Å². The number of hydrogen-bond donors (Lipinski definition) is 1. The van der Waals surface area contributed by atoms with Gasteiger partial charge in [0.2, 0.25) is 11.8 Å². The van der Waals surface area contributed by atoms with Crippen molar-refractivity contribution in [2.75, 3.05) is 13.6 Å². The lowest BCUT2D eigenvalue weighted by atomic mass is 9.81. The second-order valence-corrected chi connectivity index (χ2v) is 7.49. The fraction of sp³-hybridized carbons (Fsp3) is 0.455. The molecule has 2 aromatic heterocycles. The zero-order chi connectivity index (χ0) is 19.8. The molecule has 1 aliphatic rings. The van der Waals surface area contributed by atoms with Gasteiger partial charge in [0.05, 0.1) is 0 Å². The number of amides is 2. The van der Waals surface area contributed by atoms with Crippen molar-refractivity contribution in [2.45, 2.75) is 38.6 Å². The third-order valence-corrected chi connectivity index (χ3v) is 5.52. The third kappa shape index (κ3) is 5.62. The minimum absolute atomic E-state index is 0.00742. The number of nitrogens with zero attached hydrogens (tertiary/aromatic N) is 3. The predicted octanol–water partition coefficient (Wildman–Crippen LogP) is 2.60. The van der Waals surface area contributed by atoms with Crippen LogP contribution in [-0.4, -0.2) is 40.3 Å². The summed E-state index contributed by atoms with van der Waals surface area (Å²) in [6.45, 7) is 1.23. The van der Waals surface area contributed by atoms with Crippen molar-refractivity contribution in [3.63, 3.8) is 0 Å². The van der Waals surface area contributed by atoms with Crippen LogP contribution in [0.5, 0.6) is 0 Å². The van der Waals surface area contributed by atoms with E-state index < -0.39 is 0 Å². The summed E-state index contributed by atoms with van der Waals surface area (Å²) >= 11 is 0. The molecule has 3 rings (SSSR count). The number of rotatable bonds is 7. The summed E-state index contributed by atoms with van der Waals surface area (Å²) in [4.78, 5) is 35.0. The molecule has 0 aliphatic heterocycles. The lowest BCUT2D eigenvalue weighted by molar-refractivity contribution is -0.137. The Kier molecular flexibility index (Phi) is 7.12. The molecule has 0 spiro atoms. The van der Waals surface area contributed by atoms with E-state index in [9.17, 15) is 9.59 Å². The van der Waals surface area contributed by atoms with Gasteiger partial charge in [0.1, 0.15) is 0 Å². The number of nitrogens with one attached hydrogen (secondary N) is 1. The maximum absolute atomic E-state index is 12.7. The summed E-state index contributed by atoms with van der Waals surface area (Å²) in [6.07, 6.45) is 11.0. The summed E-state index contributed by atoms with van der Waals surface area (Å²) in [7, 11) is 1.87. The number of pyridine rings is 2. The highest BCUT2D eigenvalue weighted by molar-refractivity contribution is 5.81. The first-order valence-electron chi connectivity index (χ1n) is 9.94. The summed E-state index contributed by atoms with van der Waals surface area (Å²) < 4.78 is 0. The van der Waals surface area contributed by atoms with Crippen LogP contribution in [0.25, 0.3) is 0 Å². The van der Waals surface area contributed by atoms with Crippen LogP contribution in [0.1, 0.15) is 36.8 Å². The quantitative estimate of drug-likeness (QED) is 0.801. The Hall–Kier alpha value is -2.76. The fourth-order valence-electron chi connectivity index (χ4n) is 3.70. The van der Waals surface area contributed by atoms with E-state index >= 15 is 0 Å². The first-order valence-corrected chi connectivity index (χ1v) is 9.94. The van der Waals surface area contributed by atoms with Crippen molar-refractivity contribution in [3.8, 4) is 0 Å². The van der Waals surface area contributed by atoms with Crippen molar-refractivity contribution in [1.82, 2.24) is 20.2 Å². The van der Waals surface area contributed by atoms with E-state index in [0.29, 0.717) is 13.1 Å². The van der Waals surface area contributed by atoms with Crippen molar-refractivity contribution in [1.29, 1.82) is 0 Å². The highest BCUT2D eigenvalue weighted by atomic mass is 16.2. The van der Waals surface area contributed by atoms with E-state index in [1.807, 2.05) is 36.2 Å². The molecule has 0 unspecified atom stereocenters. The number of aromatic nitrogens is 2. The largest absolute Gasteiger partial charge is 0.352 e. The Morgan fingerprint density at radius 2 is 1.46 bits per heavy atom. The van der Waals surface area contributed by atoms with E-state index in [1.165, 1.54) is 5.56 Å². The molecule has 1 N–H and O–H groups in total. The van der Waals surface area contributed by atoms with Crippen LogP contribution < -0.4 is 5.32 Å². The van der Waals surface area contributed by atoms with Crippen LogP contribution in [0.3, 0.4) is 0 Å². The van der Waals surface area contributed by atoms with Crippen LogP contribution in [0, 0.1) is 11.8 Å². The minimum atomic E-state index is 0.00742. The topological polar surface area (TPSA) is 75.2 Å². The van der Waals surface area contributed by atoms with Crippen molar-refractivity contribution in [2.24, 2.45) is 11.8 Å². The molecule has 28 heavy (non-hydrogen) atoms. The lowest BCUT2D eigenvalue weighted by Crippen LogP contribution is -2.38. The Bertz CT molecular complexity index is 759. The van der Waals surface area contributed by atoms with Crippen molar-refractivity contribution in [3.05, 3.63) is 60.2 Å². The number of carbonyl (C=O) groups excluding carboxylic acids is 2. The average molecular weight is 380 g/mol. The Morgan fingerprint density at radius 3 is 2.07 bits per heavy atom. The molecule has 0 bridgehead atoms. The molecule has 1 aliphatic carbocycles. The average Bonchev–Trinajstić information content (AvgIpc) is 2.77. The van der Waals surface area contributed by atoms with E-state index in [0.717, 1.165) is 37.7 Å². The third-order valence-electron chi connectivity index (χ3n) is 5.52. The maximum Gasteiger partial charge on any atom is 0.225 e. The van der Waals surface area contributed by atoms with Gasteiger partial charge < -0.3 is 10.2 Å². The molecular formula is C22H28N4O2. The van der Waals surface area contributed by atoms with Gasteiger partial charge in [0.15, 0.2) is 0 Å². The molecule has 0 aromatic carbocycles. The standard InChI is InChI=1S/C22H28N4O2/c1-26(15-10-17-6-11-23-12-7-17)22(28)20-4-2-19(3-5-20)21(27)25-16-18-8-13-24-14-9-18/h6-9,11-14,19-20H,2-5,10,15-16H2,1H3,(H,25,27). The summed E-state index contributed by atoms with van der Waals surface area (Å²) in [5.41, 5.74) is 2.23. The highest BCUT2D eigenvalue weighted by Crippen LogP contribution is 2.30. The van der Waals surface area contributed by atoms with Gasteiger partial charge in [0.25, 0.3) is 0 Å². The van der Waals surface area contributed by atoms with Crippen LogP contribution in [0.15, 0.2) is 49.1 Å². The van der Waals surface area contributed by atoms with Gasteiger partial charge in [-0.1, -0.05) is 0 Å². The first-order chi connectivity index (χ1) is 13.6. The highest BCUT2D eigenvalue weighted by Gasteiger charge is 2.31. The molecule has 1 fully saturated rings. The Labute approximate surface area is 166 Å². The summed E-state index contributed by atoms with van der Waals surface area (Å²) in [5, 5.41) is 3.01. The van der Waals surface area contributed by atoms with Gasteiger partial charge in [-0.05, 0) is 67.5 Å². The molecular weight excluding hydrogens is 352 g/mol. The molecule has 6 heteroatoms. The minimum Gasteiger partial charge on any atom is -0.352 e. The van der Waals surface area contributed by atoms with Gasteiger partial charge in [-0.2, -0.15) is 0 Å². The molecule has 1 saturated carbocycles. The second kappa shape index (κ2) is 9.97. The SMILES string of the molecule is CN(CCc1ccncc1)C(=O)C1CCC(C(=O)NCc2ccncc2)CC1. The normalized spacial score (nSPS) is 19.0. The van der Waals surface area contributed by atoms with E-state index in [1.54, 1.807) is 24.8 Å². The van der Waals surface area contributed by atoms with Gasteiger partial charge in [0, 0.05) is 56.8 Å². The van der Waals surface area contributed by atoms with Crippen LogP contribution in [0.2, 0.25) is 0 Å². The summed E-state index contributed by atoms with van der Waals surface area (Å²) in [5.74, 6) is 0.332. The molecule has 0 atom stereocenters. The molecule has 6 nitrogen and oxygen atoms in total. The van der Waals surface area contributed by atoms with E-state index in [2.05, 4.69) is 15.3 Å². The zero-order valence-electron chi connectivity index (χ0n) is 16.4. The van der Waals surface area contributed by atoms with Gasteiger partial charge in [-0.25, -0.2) is 0 Å². The monoisotopic (exact) mass is 380 g/mol. The molecule has 148 valence electrons. The Balaban J connectivity index is 1.40. The second-order valence-electron chi connectivity index (χ2n) is 7.49.